The molecule has 2 atom stereocenters. The smallest absolute Gasteiger partial charge is 0.121 e. The monoisotopic (exact) mass is 230 g/mol. The van der Waals surface area contributed by atoms with E-state index in [0.29, 0.717) is 39.0 Å². The van der Waals surface area contributed by atoms with Crippen LogP contribution >= 0.6 is 0 Å². The number of rotatable bonds is 11. The van der Waals surface area contributed by atoms with Crippen LogP contribution in [0.4, 0.5) is 0 Å². The third-order valence-electron chi connectivity index (χ3n) is 2.29. The summed E-state index contributed by atoms with van der Waals surface area (Å²) < 4.78 is 0. The van der Waals surface area contributed by atoms with Gasteiger partial charge in [-0.3, -0.25) is 0 Å². The molecule has 0 aliphatic rings. The Kier molecular flexibility index (Phi) is 10.1. The summed E-state index contributed by atoms with van der Waals surface area (Å²) in [5.74, 6) is 0. The predicted octanol–water partition coefficient (Wildman–Crippen LogP) is -2.00. The maximum atomic E-state index is 10.5. The maximum absolute atomic E-state index is 10.5. The minimum Gasteiger partial charge on any atom is -0.329 e. The minimum absolute atomic E-state index is 0.0715. The van der Waals surface area contributed by atoms with Gasteiger partial charge in [-0.2, -0.15) is 0 Å². The summed E-state index contributed by atoms with van der Waals surface area (Å²) in [6, 6.07) is -0.143. The average Bonchev–Trinajstić information content (AvgIpc) is 2.30. The Labute approximate surface area is 96.1 Å². The number of hydrogen-bond acceptors (Lipinski definition) is 6. The molecule has 94 valence electrons. The van der Waals surface area contributed by atoms with E-state index in [0.717, 1.165) is 12.6 Å². The van der Waals surface area contributed by atoms with Gasteiger partial charge in [0.25, 0.3) is 0 Å². The molecular weight excluding hydrogens is 208 g/mol. The Balaban J connectivity index is 4.24. The third-order valence-corrected chi connectivity index (χ3v) is 2.29. The van der Waals surface area contributed by atoms with Crippen LogP contribution in [0.3, 0.4) is 0 Å². The van der Waals surface area contributed by atoms with Crippen molar-refractivity contribution in [2.24, 2.45) is 11.5 Å². The molecule has 6 N–H and O–H groups in total. The van der Waals surface area contributed by atoms with Crippen molar-refractivity contribution in [3.05, 3.63) is 0 Å². The number of aldehydes is 2. The van der Waals surface area contributed by atoms with Crippen molar-refractivity contribution in [1.29, 1.82) is 0 Å². The van der Waals surface area contributed by atoms with E-state index in [-0.39, 0.29) is 12.1 Å². The lowest BCUT2D eigenvalue weighted by Crippen LogP contribution is -2.50. The molecule has 0 spiro atoms. The third kappa shape index (κ3) is 6.62. The van der Waals surface area contributed by atoms with Crippen LogP contribution in [0.5, 0.6) is 0 Å². The van der Waals surface area contributed by atoms with Gasteiger partial charge in [-0.15, -0.1) is 0 Å². The Morgan fingerprint density at radius 3 is 1.50 bits per heavy atom. The second-order valence-electron chi connectivity index (χ2n) is 3.50. The summed E-state index contributed by atoms with van der Waals surface area (Å²) in [5.41, 5.74) is 10.8. The molecule has 0 aliphatic heterocycles. The SMILES string of the molecule is NCCNC(CC=O)C(CC=O)NCCN. The van der Waals surface area contributed by atoms with E-state index >= 15 is 0 Å². The fraction of sp³-hybridized carbons (Fsp3) is 0.800. The normalized spacial score (nSPS) is 14.4. The lowest BCUT2D eigenvalue weighted by Gasteiger charge is -2.26. The van der Waals surface area contributed by atoms with Gasteiger partial charge in [-0.05, 0) is 0 Å². The molecular formula is C10H22N4O2. The quantitative estimate of drug-likeness (QED) is 0.306. The van der Waals surface area contributed by atoms with Gasteiger partial charge in [0.05, 0.1) is 0 Å². The summed E-state index contributed by atoms with van der Waals surface area (Å²) in [5, 5.41) is 6.29. The molecule has 0 saturated heterocycles. The maximum Gasteiger partial charge on any atom is 0.121 e. The summed E-state index contributed by atoms with van der Waals surface area (Å²) in [7, 11) is 0. The fourth-order valence-corrected chi connectivity index (χ4v) is 1.52. The molecule has 0 aliphatic carbocycles. The van der Waals surface area contributed by atoms with E-state index in [1.54, 1.807) is 0 Å². The highest BCUT2D eigenvalue weighted by Gasteiger charge is 2.19. The zero-order valence-electron chi connectivity index (χ0n) is 9.52. The van der Waals surface area contributed by atoms with Gasteiger partial charge in [0.15, 0.2) is 0 Å². The number of hydrogen-bond donors (Lipinski definition) is 4. The molecule has 0 amide bonds. The van der Waals surface area contributed by atoms with Crippen LogP contribution in [0, 0.1) is 0 Å². The van der Waals surface area contributed by atoms with Crippen molar-refractivity contribution in [2.45, 2.75) is 24.9 Å². The van der Waals surface area contributed by atoms with Crippen LogP contribution in [-0.4, -0.2) is 50.8 Å². The van der Waals surface area contributed by atoms with Crippen molar-refractivity contribution < 1.29 is 9.59 Å². The summed E-state index contributed by atoms with van der Waals surface area (Å²) >= 11 is 0. The van der Waals surface area contributed by atoms with Crippen LogP contribution in [0.25, 0.3) is 0 Å². The molecule has 6 heteroatoms. The lowest BCUT2D eigenvalue weighted by molar-refractivity contribution is -0.110. The average molecular weight is 230 g/mol. The number of nitrogens with one attached hydrogen (secondary N) is 2. The molecule has 0 bridgehead atoms. The minimum atomic E-state index is -0.0715. The van der Waals surface area contributed by atoms with E-state index in [1.165, 1.54) is 0 Å². The molecule has 6 nitrogen and oxygen atoms in total. The molecule has 0 heterocycles. The fourth-order valence-electron chi connectivity index (χ4n) is 1.52. The molecule has 0 rings (SSSR count). The first-order valence-corrected chi connectivity index (χ1v) is 5.54. The van der Waals surface area contributed by atoms with Gasteiger partial charge >= 0.3 is 0 Å². The Morgan fingerprint density at radius 2 is 1.25 bits per heavy atom. The van der Waals surface area contributed by atoms with Gasteiger partial charge in [0, 0.05) is 51.1 Å². The van der Waals surface area contributed by atoms with Crippen LogP contribution < -0.4 is 22.1 Å². The van der Waals surface area contributed by atoms with E-state index in [9.17, 15) is 9.59 Å². The van der Waals surface area contributed by atoms with Crippen molar-refractivity contribution in [1.82, 2.24) is 10.6 Å². The molecule has 0 aromatic heterocycles. The lowest BCUT2D eigenvalue weighted by atomic mass is 10.0. The highest BCUT2D eigenvalue weighted by Crippen LogP contribution is 2.01. The zero-order chi connectivity index (χ0) is 12.2. The first kappa shape index (κ1) is 15.2. The van der Waals surface area contributed by atoms with Crippen molar-refractivity contribution in [3.8, 4) is 0 Å². The topological polar surface area (TPSA) is 110 Å². The number of carbonyl (C=O) groups excluding carboxylic acids is 2. The van der Waals surface area contributed by atoms with Gasteiger partial charge in [0.2, 0.25) is 0 Å². The molecule has 0 saturated carbocycles. The standard InChI is InChI=1S/C10H22N4O2/c11-3-5-13-9(1-7-15)10(2-8-16)14-6-4-12/h7-10,13-14H,1-6,11-12H2. The molecule has 16 heavy (non-hydrogen) atoms. The van der Waals surface area contributed by atoms with E-state index in [4.69, 9.17) is 11.5 Å². The van der Waals surface area contributed by atoms with Crippen molar-refractivity contribution >= 4 is 12.6 Å². The molecule has 2 unspecified atom stereocenters. The highest BCUT2D eigenvalue weighted by molar-refractivity contribution is 5.53. The Morgan fingerprint density at radius 1 is 0.875 bits per heavy atom. The first-order valence-electron chi connectivity index (χ1n) is 5.54. The van der Waals surface area contributed by atoms with Gasteiger partial charge in [-0.1, -0.05) is 0 Å². The van der Waals surface area contributed by atoms with E-state index < -0.39 is 0 Å². The van der Waals surface area contributed by atoms with Gasteiger partial charge in [-0.25, -0.2) is 0 Å². The second-order valence-corrected chi connectivity index (χ2v) is 3.50. The summed E-state index contributed by atoms with van der Waals surface area (Å²) in [6.07, 6.45) is 2.40. The van der Waals surface area contributed by atoms with E-state index in [2.05, 4.69) is 10.6 Å². The Hall–Kier alpha value is -0.820. The molecule has 0 radical (unpaired) electrons. The van der Waals surface area contributed by atoms with Gasteiger partial charge in [0.1, 0.15) is 12.6 Å². The largest absolute Gasteiger partial charge is 0.329 e. The second kappa shape index (κ2) is 10.7. The Bertz CT molecular complexity index is 170. The van der Waals surface area contributed by atoms with Crippen LogP contribution in [0.2, 0.25) is 0 Å². The molecule has 0 aromatic rings. The number of carbonyl (C=O) groups is 2. The predicted molar refractivity (Wildman–Crippen MR) is 63.1 cm³/mol. The molecule has 0 fully saturated rings. The first-order chi connectivity index (χ1) is 7.79. The summed E-state index contributed by atoms with van der Waals surface area (Å²) in [6.45, 7) is 2.25. The van der Waals surface area contributed by atoms with Crippen LogP contribution in [-0.2, 0) is 9.59 Å². The van der Waals surface area contributed by atoms with Crippen molar-refractivity contribution in [3.63, 3.8) is 0 Å². The van der Waals surface area contributed by atoms with Crippen LogP contribution in [0.1, 0.15) is 12.8 Å². The van der Waals surface area contributed by atoms with E-state index in [1.807, 2.05) is 0 Å². The highest BCUT2D eigenvalue weighted by atomic mass is 16.1. The summed E-state index contributed by atoms with van der Waals surface area (Å²) in [4.78, 5) is 21.1. The van der Waals surface area contributed by atoms with Crippen molar-refractivity contribution in [2.75, 3.05) is 26.2 Å². The number of nitrogens with two attached hydrogens (primary N) is 2. The van der Waals surface area contributed by atoms with Crippen LogP contribution in [0.15, 0.2) is 0 Å². The zero-order valence-corrected chi connectivity index (χ0v) is 9.52. The van der Waals surface area contributed by atoms with Gasteiger partial charge < -0.3 is 31.7 Å². The molecule has 0 aromatic carbocycles.